The van der Waals surface area contributed by atoms with E-state index in [1.54, 1.807) is 10.8 Å². The number of anilines is 1. The molecule has 1 aromatic carbocycles. The minimum absolute atomic E-state index is 0.123. The molecule has 1 aliphatic rings. The van der Waals surface area contributed by atoms with Crippen molar-refractivity contribution >= 4 is 23.7 Å². The lowest BCUT2D eigenvalue weighted by molar-refractivity contribution is -0.138. The summed E-state index contributed by atoms with van der Waals surface area (Å²) in [7, 11) is 0. The highest BCUT2D eigenvalue weighted by Crippen LogP contribution is 2.40. The first-order valence-corrected chi connectivity index (χ1v) is 12.3. The van der Waals surface area contributed by atoms with Gasteiger partial charge in [0.2, 0.25) is 11.1 Å². The highest BCUT2D eigenvalue weighted by Gasteiger charge is 2.35. The fourth-order valence-corrected chi connectivity index (χ4v) is 4.07. The predicted molar refractivity (Wildman–Crippen MR) is 130 cm³/mol. The number of carbonyl (C=O) groups is 1. The van der Waals surface area contributed by atoms with E-state index in [4.69, 9.17) is 14.2 Å². The molecular formula is C24H32N4O4S. The summed E-state index contributed by atoms with van der Waals surface area (Å²) >= 11 is 1.54. The zero-order chi connectivity index (χ0) is 23.8. The van der Waals surface area contributed by atoms with Gasteiger partial charge in [-0.3, -0.25) is 0 Å². The van der Waals surface area contributed by atoms with E-state index in [0.717, 1.165) is 24.2 Å². The van der Waals surface area contributed by atoms with Gasteiger partial charge in [-0.25, -0.2) is 9.48 Å². The summed E-state index contributed by atoms with van der Waals surface area (Å²) in [5.74, 6) is 2.30. The van der Waals surface area contributed by atoms with Gasteiger partial charge in [-0.05, 0) is 43.7 Å². The molecule has 2 aromatic rings. The summed E-state index contributed by atoms with van der Waals surface area (Å²) in [6.07, 6.45) is 3.55. The Morgan fingerprint density at radius 1 is 1.27 bits per heavy atom. The number of ether oxygens (including phenoxy) is 3. The molecule has 8 nitrogen and oxygen atoms in total. The third-order valence-corrected chi connectivity index (χ3v) is 5.72. The van der Waals surface area contributed by atoms with E-state index in [-0.39, 0.29) is 6.61 Å². The van der Waals surface area contributed by atoms with Crippen molar-refractivity contribution < 1.29 is 19.0 Å². The first-order valence-electron chi connectivity index (χ1n) is 11.3. The van der Waals surface area contributed by atoms with Crippen molar-refractivity contribution in [1.82, 2.24) is 14.8 Å². The molecule has 0 saturated heterocycles. The van der Waals surface area contributed by atoms with Gasteiger partial charge in [-0.1, -0.05) is 50.8 Å². The number of allylic oxidation sites excluding steroid dienone is 1. The topological polar surface area (TPSA) is 87.5 Å². The molecule has 1 atom stereocenters. The summed E-state index contributed by atoms with van der Waals surface area (Å²) in [6, 6.07) is 5.21. The maximum atomic E-state index is 13.1. The number of rotatable bonds is 12. The van der Waals surface area contributed by atoms with Crippen molar-refractivity contribution in [3.05, 3.63) is 47.7 Å². The molecule has 1 N–H and O–H groups in total. The summed E-state index contributed by atoms with van der Waals surface area (Å²) in [4.78, 5) is 17.6. The van der Waals surface area contributed by atoms with E-state index >= 15 is 0 Å². The normalized spacial score (nSPS) is 15.0. The fourth-order valence-electron chi connectivity index (χ4n) is 3.52. The first kappa shape index (κ1) is 24.7. The molecular weight excluding hydrogens is 440 g/mol. The van der Waals surface area contributed by atoms with E-state index in [1.165, 1.54) is 11.8 Å². The van der Waals surface area contributed by atoms with Crippen molar-refractivity contribution in [3.8, 4) is 11.5 Å². The monoisotopic (exact) mass is 472 g/mol. The minimum atomic E-state index is -0.527. The van der Waals surface area contributed by atoms with Gasteiger partial charge in [-0.15, -0.1) is 5.10 Å². The standard InChI is InChI=1S/C24H32N4O4S/c1-6-10-14-31-18-12-11-17(15-19(18)30-8-3)21-20(22(29)32-13-7-2)16(5)25-23-26-24(33-9-4)27-28(21)23/h7,11-12,15,21H,2,6,8-10,13-14H2,1,3-5H3,(H,25,26,27). The molecule has 33 heavy (non-hydrogen) atoms. The van der Waals surface area contributed by atoms with Gasteiger partial charge in [0.25, 0.3) is 0 Å². The molecule has 0 radical (unpaired) electrons. The van der Waals surface area contributed by atoms with Crippen LogP contribution in [0.5, 0.6) is 11.5 Å². The number of fused-ring (bicyclic) bond motifs is 1. The van der Waals surface area contributed by atoms with E-state index < -0.39 is 12.0 Å². The Hall–Kier alpha value is -2.94. The molecule has 3 rings (SSSR count). The van der Waals surface area contributed by atoms with Gasteiger partial charge in [0.15, 0.2) is 11.5 Å². The van der Waals surface area contributed by atoms with Gasteiger partial charge in [0, 0.05) is 5.70 Å². The van der Waals surface area contributed by atoms with Crippen LogP contribution in [0.15, 0.2) is 47.3 Å². The van der Waals surface area contributed by atoms with Crippen molar-refractivity contribution in [2.45, 2.75) is 51.7 Å². The molecule has 0 bridgehead atoms. The lowest BCUT2D eigenvalue weighted by atomic mass is 9.95. The number of nitrogens with zero attached hydrogens (tertiary/aromatic N) is 3. The molecule has 0 saturated carbocycles. The van der Waals surface area contributed by atoms with Crippen LogP contribution in [-0.2, 0) is 9.53 Å². The Bertz CT molecular complexity index is 1020. The third-order valence-electron chi connectivity index (χ3n) is 5.00. The second-order valence-corrected chi connectivity index (χ2v) is 8.62. The van der Waals surface area contributed by atoms with E-state index in [1.807, 2.05) is 39.0 Å². The SMILES string of the molecule is C=CCOC(=O)C1=C(C)Nc2nc(SCC)nn2C1c1ccc(OCCCC)c(OCC)c1. The maximum absolute atomic E-state index is 13.1. The summed E-state index contributed by atoms with van der Waals surface area (Å²) < 4.78 is 19.0. The minimum Gasteiger partial charge on any atom is -0.490 e. The molecule has 0 aliphatic carbocycles. The summed E-state index contributed by atoms with van der Waals surface area (Å²) in [5, 5.41) is 8.52. The number of esters is 1. The Morgan fingerprint density at radius 3 is 2.79 bits per heavy atom. The number of hydrogen-bond acceptors (Lipinski definition) is 8. The molecule has 1 aromatic heterocycles. The molecule has 2 heterocycles. The fraction of sp³-hybridized carbons (Fsp3) is 0.458. The van der Waals surface area contributed by atoms with Crippen LogP contribution < -0.4 is 14.8 Å². The lowest BCUT2D eigenvalue weighted by Crippen LogP contribution is -2.29. The number of hydrogen-bond donors (Lipinski definition) is 1. The van der Waals surface area contributed by atoms with E-state index in [2.05, 4.69) is 28.9 Å². The molecule has 1 unspecified atom stereocenters. The maximum Gasteiger partial charge on any atom is 0.338 e. The van der Waals surface area contributed by atoms with Gasteiger partial charge < -0.3 is 19.5 Å². The van der Waals surface area contributed by atoms with Crippen LogP contribution in [0.25, 0.3) is 0 Å². The zero-order valence-corrected chi connectivity index (χ0v) is 20.5. The summed E-state index contributed by atoms with van der Waals surface area (Å²) in [6.45, 7) is 12.8. The number of thioether (sulfide) groups is 1. The zero-order valence-electron chi connectivity index (χ0n) is 19.7. The molecule has 9 heteroatoms. The van der Waals surface area contributed by atoms with Crippen LogP contribution in [0, 0.1) is 0 Å². The van der Waals surface area contributed by atoms with Crippen LogP contribution >= 0.6 is 11.8 Å². The number of benzene rings is 1. The van der Waals surface area contributed by atoms with Crippen LogP contribution in [0.4, 0.5) is 5.95 Å². The van der Waals surface area contributed by atoms with Crippen molar-refractivity contribution in [1.29, 1.82) is 0 Å². The third kappa shape index (κ3) is 5.71. The molecule has 0 amide bonds. The average Bonchev–Trinajstić information content (AvgIpc) is 3.20. The van der Waals surface area contributed by atoms with Crippen LogP contribution in [0.3, 0.4) is 0 Å². The second kappa shape index (κ2) is 11.8. The Morgan fingerprint density at radius 2 is 2.09 bits per heavy atom. The Labute approximate surface area is 199 Å². The van der Waals surface area contributed by atoms with Crippen LogP contribution in [0.2, 0.25) is 0 Å². The smallest absolute Gasteiger partial charge is 0.338 e. The largest absolute Gasteiger partial charge is 0.490 e. The van der Waals surface area contributed by atoms with Crippen molar-refractivity contribution in [2.24, 2.45) is 0 Å². The first-order chi connectivity index (χ1) is 16.0. The average molecular weight is 473 g/mol. The lowest BCUT2D eigenvalue weighted by Gasteiger charge is -2.28. The number of unbranched alkanes of at least 4 members (excludes halogenated alkanes) is 1. The van der Waals surface area contributed by atoms with Crippen molar-refractivity contribution in [2.75, 3.05) is 30.9 Å². The number of aromatic nitrogens is 3. The van der Waals surface area contributed by atoms with E-state index in [9.17, 15) is 4.79 Å². The summed E-state index contributed by atoms with van der Waals surface area (Å²) in [5.41, 5.74) is 1.96. The molecule has 0 fully saturated rings. The van der Waals surface area contributed by atoms with Gasteiger partial charge in [-0.2, -0.15) is 4.98 Å². The Kier molecular flexibility index (Phi) is 8.82. The van der Waals surface area contributed by atoms with Crippen LogP contribution in [0.1, 0.15) is 52.1 Å². The van der Waals surface area contributed by atoms with Gasteiger partial charge >= 0.3 is 5.97 Å². The predicted octanol–water partition coefficient (Wildman–Crippen LogP) is 4.99. The van der Waals surface area contributed by atoms with Crippen LogP contribution in [-0.4, -0.2) is 46.3 Å². The van der Waals surface area contributed by atoms with Gasteiger partial charge in [0.1, 0.15) is 12.6 Å². The Balaban J connectivity index is 2.08. The molecule has 1 aliphatic heterocycles. The highest BCUT2D eigenvalue weighted by atomic mass is 32.2. The molecule has 178 valence electrons. The highest BCUT2D eigenvalue weighted by molar-refractivity contribution is 7.99. The quantitative estimate of drug-likeness (QED) is 0.200. The number of nitrogens with one attached hydrogen (secondary N) is 1. The van der Waals surface area contributed by atoms with Gasteiger partial charge in [0.05, 0.1) is 18.8 Å². The van der Waals surface area contributed by atoms with E-state index in [0.29, 0.717) is 47.1 Å². The number of carbonyl (C=O) groups excluding carboxylic acids is 1. The second-order valence-electron chi connectivity index (χ2n) is 7.39. The van der Waals surface area contributed by atoms with Crippen molar-refractivity contribution in [3.63, 3.8) is 0 Å². The molecule has 0 spiro atoms.